The maximum atomic E-state index is 11.6. The highest BCUT2D eigenvalue weighted by atomic mass is 32.1. The van der Waals surface area contributed by atoms with Crippen molar-refractivity contribution < 1.29 is 4.79 Å². The lowest BCUT2D eigenvalue weighted by Gasteiger charge is -2.10. The van der Waals surface area contributed by atoms with E-state index in [2.05, 4.69) is 33.0 Å². The Morgan fingerprint density at radius 1 is 1.38 bits per heavy atom. The van der Waals surface area contributed by atoms with Gasteiger partial charge < -0.3 is 10.6 Å². The van der Waals surface area contributed by atoms with Crippen LogP contribution in [0.2, 0.25) is 0 Å². The third-order valence-corrected chi connectivity index (χ3v) is 3.66. The highest BCUT2D eigenvalue weighted by molar-refractivity contribution is 7.80. The van der Waals surface area contributed by atoms with Gasteiger partial charge in [-0.1, -0.05) is 29.5 Å². The quantitative estimate of drug-likeness (QED) is 0.379. The van der Waals surface area contributed by atoms with Crippen LogP contribution in [0.25, 0.3) is 10.2 Å². The second-order valence-corrected chi connectivity index (χ2v) is 5.45. The number of anilines is 1. The Morgan fingerprint density at radius 2 is 2.19 bits per heavy atom. The Morgan fingerprint density at radius 3 is 2.95 bits per heavy atom. The summed E-state index contributed by atoms with van der Waals surface area (Å²) in [5.41, 5.74) is 5.99. The predicted octanol–water partition coefficient (Wildman–Crippen LogP) is 1.39. The molecule has 1 aromatic heterocycles. The fourth-order valence-electron chi connectivity index (χ4n) is 1.48. The van der Waals surface area contributed by atoms with Crippen molar-refractivity contribution in [2.45, 2.75) is 0 Å². The van der Waals surface area contributed by atoms with Crippen LogP contribution >= 0.6 is 23.6 Å². The SMILES string of the molecule is C=CCNC(=S)NNC(=O)CNc1nc2ccccc2s1. The molecule has 4 N–H and O–H groups in total. The molecule has 1 aromatic carbocycles. The molecule has 8 heteroatoms. The van der Waals surface area contributed by atoms with Gasteiger partial charge in [0.15, 0.2) is 10.2 Å². The molecule has 0 aliphatic heterocycles. The molecular weight excluding hydrogens is 306 g/mol. The molecule has 110 valence electrons. The molecule has 1 amide bonds. The van der Waals surface area contributed by atoms with Gasteiger partial charge in [0.05, 0.1) is 16.8 Å². The van der Waals surface area contributed by atoms with Crippen LogP contribution in [0.4, 0.5) is 5.13 Å². The number of para-hydroxylation sites is 1. The van der Waals surface area contributed by atoms with Gasteiger partial charge in [-0.3, -0.25) is 15.6 Å². The lowest BCUT2D eigenvalue weighted by atomic mass is 10.3. The first kappa shape index (κ1) is 15.2. The molecule has 0 saturated carbocycles. The Hall–Kier alpha value is -2.19. The van der Waals surface area contributed by atoms with Crippen molar-refractivity contribution in [1.29, 1.82) is 0 Å². The maximum absolute atomic E-state index is 11.6. The summed E-state index contributed by atoms with van der Waals surface area (Å²) in [6.45, 7) is 4.20. The minimum atomic E-state index is -0.239. The smallest absolute Gasteiger partial charge is 0.257 e. The topological polar surface area (TPSA) is 78.1 Å². The van der Waals surface area contributed by atoms with Crippen LogP contribution in [0.1, 0.15) is 0 Å². The van der Waals surface area contributed by atoms with Gasteiger partial charge in [0, 0.05) is 6.54 Å². The molecule has 0 aliphatic rings. The summed E-state index contributed by atoms with van der Waals surface area (Å²) in [5.74, 6) is -0.239. The van der Waals surface area contributed by atoms with Crippen molar-refractivity contribution >= 4 is 49.9 Å². The van der Waals surface area contributed by atoms with Gasteiger partial charge in [-0.05, 0) is 24.4 Å². The number of nitrogens with one attached hydrogen (secondary N) is 4. The summed E-state index contributed by atoms with van der Waals surface area (Å²) in [7, 11) is 0. The predicted molar refractivity (Wildman–Crippen MR) is 90.2 cm³/mol. The molecule has 0 unspecified atom stereocenters. The molecule has 0 radical (unpaired) electrons. The first-order chi connectivity index (χ1) is 10.2. The van der Waals surface area contributed by atoms with E-state index in [9.17, 15) is 4.79 Å². The normalized spacial score (nSPS) is 9.90. The summed E-state index contributed by atoms with van der Waals surface area (Å²) in [4.78, 5) is 16.0. The number of hydrogen-bond acceptors (Lipinski definition) is 5. The van der Waals surface area contributed by atoms with E-state index >= 15 is 0 Å². The fraction of sp³-hybridized carbons (Fsp3) is 0.154. The summed E-state index contributed by atoms with van der Waals surface area (Å²) < 4.78 is 1.08. The number of thiocarbonyl (C=S) groups is 1. The minimum Gasteiger partial charge on any atom is -0.358 e. The molecule has 2 aromatic rings. The Labute approximate surface area is 131 Å². The van der Waals surface area contributed by atoms with E-state index in [0.717, 1.165) is 10.2 Å². The number of carbonyl (C=O) groups is 1. The minimum absolute atomic E-state index is 0.108. The maximum Gasteiger partial charge on any atom is 0.257 e. The number of rotatable bonds is 5. The van der Waals surface area contributed by atoms with Crippen molar-refractivity contribution in [3.8, 4) is 0 Å². The first-order valence-corrected chi connectivity index (χ1v) is 7.44. The zero-order chi connectivity index (χ0) is 15.1. The number of nitrogens with zero attached hydrogens (tertiary/aromatic N) is 1. The van der Waals surface area contributed by atoms with Crippen LogP contribution in [-0.2, 0) is 4.79 Å². The highest BCUT2D eigenvalue weighted by Gasteiger charge is 2.05. The van der Waals surface area contributed by atoms with E-state index in [1.807, 2.05) is 24.3 Å². The molecule has 6 nitrogen and oxygen atoms in total. The molecule has 0 aliphatic carbocycles. The summed E-state index contributed by atoms with van der Waals surface area (Å²) >= 11 is 6.45. The van der Waals surface area contributed by atoms with Gasteiger partial charge in [-0.2, -0.15) is 0 Å². The number of hydrazine groups is 1. The Balaban J connectivity index is 1.76. The lowest BCUT2D eigenvalue weighted by molar-refractivity contribution is -0.119. The molecule has 0 saturated heterocycles. The third-order valence-electron chi connectivity index (χ3n) is 2.42. The van der Waals surface area contributed by atoms with Crippen molar-refractivity contribution in [3.63, 3.8) is 0 Å². The zero-order valence-electron chi connectivity index (χ0n) is 11.2. The van der Waals surface area contributed by atoms with Crippen molar-refractivity contribution in [1.82, 2.24) is 21.2 Å². The number of thiazole rings is 1. The molecule has 0 bridgehead atoms. The van der Waals surface area contributed by atoms with Gasteiger partial charge in [0.25, 0.3) is 5.91 Å². The molecule has 0 atom stereocenters. The van der Waals surface area contributed by atoms with Crippen LogP contribution in [0.15, 0.2) is 36.9 Å². The number of benzene rings is 1. The fourth-order valence-corrected chi connectivity index (χ4v) is 2.48. The second-order valence-electron chi connectivity index (χ2n) is 4.01. The van der Waals surface area contributed by atoms with Gasteiger partial charge in [-0.15, -0.1) is 6.58 Å². The summed E-state index contributed by atoms with van der Waals surface area (Å²) in [5, 5.41) is 6.86. The first-order valence-electron chi connectivity index (χ1n) is 6.22. The standard InChI is InChI=1S/C13H15N5OS2/c1-2-7-14-12(20)18-17-11(19)8-15-13-16-9-5-3-4-6-10(9)21-13/h2-6H,1,7-8H2,(H,15,16)(H,17,19)(H2,14,18,20). The number of fused-ring (bicyclic) bond motifs is 1. The molecule has 0 fully saturated rings. The number of aromatic nitrogens is 1. The van der Waals surface area contributed by atoms with Crippen LogP contribution < -0.4 is 21.5 Å². The monoisotopic (exact) mass is 321 g/mol. The van der Waals surface area contributed by atoms with Crippen LogP contribution in [-0.4, -0.2) is 29.1 Å². The van der Waals surface area contributed by atoms with E-state index in [-0.39, 0.29) is 12.5 Å². The Kier molecular flexibility index (Phi) is 5.47. The molecule has 21 heavy (non-hydrogen) atoms. The van der Waals surface area contributed by atoms with Crippen LogP contribution in [0.5, 0.6) is 0 Å². The molecule has 1 heterocycles. The Bertz CT molecular complexity index is 622. The lowest BCUT2D eigenvalue weighted by Crippen LogP contribution is -2.48. The van der Waals surface area contributed by atoms with Gasteiger partial charge >= 0.3 is 0 Å². The van der Waals surface area contributed by atoms with E-state index in [0.29, 0.717) is 16.8 Å². The van der Waals surface area contributed by atoms with Crippen molar-refractivity contribution in [3.05, 3.63) is 36.9 Å². The third kappa shape index (κ3) is 4.69. The van der Waals surface area contributed by atoms with Crippen LogP contribution in [0.3, 0.4) is 0 Å². The van der Waals surface area contributed by atoms with Gasteiger partial charge in [0.2, 0.25) is 0 Å². The average Bonchev–Trinajstić information content (AvgIpc) is 2.91. The van der Waals surface area contributed by atoms with Crippen molar-refractivity contribution in [2.75, 3.05) is 18.4 Å². The molecular formula is C13H15N5OS2. The van der Waals surface area contributed by atoms with Crippen LogP contribution in [0, 0.1) is 0 Å². The largest absolute Gasteiger partial charge is 0.358 e. The number of hydrogen-bond donors (Lipinski definition) is 4. The summed E-state index contributed by atoms with van der Waals surface area (Å²) in [6, 6.07) is 7.81. The zero-order valence-corrected chi connectivity index (χ0v) is 12.8. The van der Waals surface area contributed by atoms with Gasteiger partial charge in [0.1, 0.15) is 0 Å². The molecule has 0 spiro atoms. The van der Waals surface area contributed by atoms with E-state index in [4.69, 9.17) is 12.2 Å². The average molecular weight is 321 g/mol. The summed E-state index contributed by atoms with van der Waals surface area (Å²) in [6.07, 6.45) is 1.67. The highest BCUT2D eigenvalue weighted by Crippen LogP contribution is 2.24. The second kappa shape index (κ2) is 7.55. The number of carbonyl (C=O) groups excluding carboxylic acids is 1. The van der Waals surface area contributed by atoms with Gasteiger partial charge in [-0.25, -0.2) is 4.98 Å². The number of amides is 1. The van der Waals surface area contributed by atoms with E-state index < -0.39 is 0 Å². The molecule has 2 rings (SSSR count). The van der Waals surface area contributed by atoms with Crippen molar-refractivity contribution in [2.24, 2.45) is 0 Å². The van der Waals surface area contributed by atoms with E-state index in [1.165, 1.54) is 11.3 Å². The van der Waals surface area contributed by atoms with E-state index in [1.54, 1.807) is 6.08 Å².